The number of amides is 1. The number of nitrogens with one attached hydrogen (secondary N) is 2. The van der Waals surface area contributed by atoms with Gasteiger partial charge in [0.25, 0.3) is 5.91 Å². The highest BCUT2D eigenvalue weighted by molar-refractivity contribution is 6.29. The molecule has 0 aliphatic carbocycles. The highest BCUT2D eigenvalue weighted by Crippen LogP contribution is 2.17. The van der Waals surface area contributed by atoms with Gasteiger partial charge >= 0.3 is 0 Å². The largest absolute Gasteiger partial charge is 0.378 e. The van der Waals surface area contributed by atoms with Gasteiger partial charge in [0.05, 0.1) is 13.2 Å². The number of hydrogen-bond acceptors (Lipinski definition) is 6. The van der Waals surface area contributed by atoms with Crippen molar-refractivity contribution in [2.45, 2.75) is 18.9 Å². The van der Waals surface area contributed by atoms with Crippen LogP contribution in [0, 0.1) is 0 Å². The summed E-state index contributed by atoms with van der Waals surface area (Å²) in [4.78, 5) is 22.8. The average molecular weight is 326 g/mol. The number of morpholine rings is 1. The fourth-order valence-electron chi connectivity index (χ4n) is 2.68. The van der Waals surface area contributed by atoms with Gasteiger partial charge in [-0.15, -0.1) is 0 Å². The molecule has 0 aromatic carbocycles. The van der Waals surface area contributed by atoms with Crippen molar-refractivity contribution in [3.05, 3.63) is 17.0 Å². The molecule has 7 nitrogen and oxygen atoms in total. The SMILES string of the molecule is O=C(NC1CCNCC1)c1nc(Cl)cc(N2CCOCC2)n1. The van der Waals surface area contributed by atoms with Gasteiger partial charge in [0.1, 0.15) is 11.0 Å². The molecule has 0 atom stereocenters. The maximum Gasteiger partial charge on any atom is 0.289 e. The lowest BCUT2D eigenvalue weighted by molar-refractivity contribution is 0.0919. The predicted octanol–water partition coefficient (Wildman–Crippen LogP) is 0.448. The second-order valence-electron chi connectivity index (χ2n) is 5.47. The minimum atomic E-state index is -0.260. The Kier molecular flexibility index (Phi) is 5.07. The summed E-state index contributed by atoms with van der Waals surface area (Å²) >= 11 is 6.06. The minimum absolute atomic E-state index is 0.132. The van der Waals surface area contributed by atoms with Gasteiger partial charge in [-0.05, 0) is 25.9 Å². The Morgan fingerprint density at radius 1 is 1.32 bits per heavy atom. The molecule has 2 fully saturated rings. The Bertz CT molecular complexity index is 530. The van der Waals surface area contributed by atoms with E-state index in [9.17, 15) is 4.79 Å². The third-order valence-electron chi connectivity index (χ3n) is 3.89. The van der Waals surface area contributed by atoms with Crippen LogP contribution in [0.3, 0.4) is 0 Å². The van der Waals surface area contributed by atoms with Crippen LogP contribution in [0.2, 0.25) is 5.15 Å². The Morgan fingerprint density at radius 3 is 2.77 bits per heavy atom. The van der Waals surface area contributed by atoms with Gasteiger partial charge in [0.15, 0.2) is 0 Å². The third-order valence-corrected chi connectivity index (χ3v) is 4.09. The van der Waals surface area contributed by atoms with Crippen LogP contribution in [0.5, 0.6) is 0 Å². The standard InChI is InChI=1S/C14H20ClN5O2/c15-11-9-12(20-5-7-22-8-6-20)19-13(18-11)14(21)17-10-1-3-16-4-2-10/h9-10,16H,1-8H2,(H,17,21). The molecular formula is C14H20ClN5O2. The number of piperidine rings is 1. The molecule has 0 spiro atoms. The number of nitrogens with zero attached hydrogens (tertiary/aromatic N) is 3. The zero-order valence-electron chi connectivity index (χ0n) is 12.3. The molecule has 8 heteroatoms. The summed E-state index contributed by atoms with van der Waals surface area (Å²) in [6.07, 6.45) is 1.84. The maximum atomic E-state index is 12.3. The van der Waals surface area contributed by atoms with Crippen molar-refractivity contribution in [3.8, 4) is 0 Å². The first kappa shape index (κ1) is 15.5. The van der Waals surface area contributed by atoms with Crippen LogP contribution < -0.4 is 15.5 Å². The molecule has 0 radical (unpaired) electrons. The van der Waals surface area contributed by atoms with Gasteiger partial charge < -0.3 is 20.3 Å². The second-order valence-corrected chi connectivity index (χ2v) is 5.86. The molecule has 1 aromatic rings. The van der Waals surface area contributed by atoms with Crippen LogP contribution >= 0.6 is 11.6 Å². The molecule has 1 aromatic heterocycles. The molecule has 22 heavy (non-hydrogen) atoms. The molecule has 120 valence electrons. The van der Waals surface area contributed by atoms with E-state index in [1.807, 2.05) is 0 Å². The number of ether oxygens (including phenoxy) is 1. The molecule has 1 amide bonds. The van der Waals surface area contributed by atoms with E-state index in [1.54, 1.807) is 6.07 Å². The van der Waals surface area contributed by atoms with E-state index < -0.39 is 0 Å². The molecule has 3 rings (SSSR count). The van der Waals surface area contributed by atoms with Gasteiger partial charge in [-0.25, -0.2) is 9.97 Å². The predicted molar refractivity (Wildman–Crippen MR) is 83.4 cm³/mol. The Morgan fingerprint density at radius 2 is 2.05 bits per heavy atom. The Hall–Kier alpha value is -1.44. The van der Waals surface area contributed by atoms with Crippen molar-refractivity contribution in [3.63, 3.8) is 0 Å². The molecule has 0 saturated carbocycles. The van der Waals surface area contributed by atoms with Crippen LogP contribution in [0.25, 0.3) is 0 Å². The minimum Gasteiger partial charge on any atom is -0.378 e. The van der Waals surface area contributed by atoms with E-state index in [1.165, 1.54) is 0 Å². The highest BCUT2D eigenvalue weighted by atomic mass is 35.5. The van der Waals surface area contributed by atoms with E-state index in [4.69, 9.17) is 16.3 Å². The first-order valence-electron chi connectivity index (χ1n) is 7.61. The number of halogens is 1. The lowest BCUT2D eigenvalue weighted by Crippen LogP contribution is -2.43. The number of carbonyl (C=O) groups is 1. The summed E-state index contributed by atoms with van der Waals surface area (Å²) in [5.41, 5.74) is 0. The zero-order chi connectivity index (χ0) is 15.4. The fraction of sp³-hybridized carbons (Fsp3) is 0.643. The molecule has 3 heterocycles. The first-order valence-corrected chi connectivity index (χ1v) is 7.99. The van der Waals surface area contributed by atoms with E-state index in [0.717, 1.165) is 39.0 Å². The third kappa shape index (κ3) is 3.85. The van der Waals surface area contributed by atoms with Crippen molar-refractivity contribution in [2.24, 2.45) is 0 Å². The quantitative estimate of drug-likeness (QED) is 0.786. The molecule has 2 N–H and O–H groups in total. The molecular weight excluding hydrogens is 306 g/mol. The van der Waals surface area contributed by atoms with Crippen LogP contribution in [0.1, 0.15) is 23.5 Å². The number of rotatable bonds is 3. The number of hydrogen-bond donors (Lipinski definition) is 2. The van der Waals surface area contributed by atoms with E-state index >= 15 is 0 Å². The lowest BCUT2D eigenvalue weighted by atomic mass is 10.1. The van der Waals surface area contributed by atoms with Gasteiger partial charge in [-0.3, -0.25) is 4.79 Å². The topological polar surface area (TPSA) is 79.4 Å². The Balaban J connectivity index is 1.71. The first-order chi connectivity index (χ1) is 10.7. The van der Waals surface area contributed by atoms with Crippen molar-refractivity contribution in [2.75, 3.05) is 44.3 Å². The summed E-state index contributed by atoms with van der Waals surface area (Å²) in [6, 6.07) is 1.86. The molecule has 0 bridgehead atoms. The maximum absolute atomic E-state index is 12.3. The van der Waals surface area contributed by atoms with Crippen molar-refractivity contribution < 1.29 is 9.53 Å². The van der Waals surface area contributed by atoms with Crippen LogP contribution in [0.15, 0.2) is 6.07 Å². The summed E-state index contributed by atoms with van der Waals surface area (Å²) in [5, 5.41) is 6.54. The summed E-state index contributed by atoms with van der Waals surface area (Å²) < 4.78 is 5.33. The van der Waals surface area contributed by atoms with Crippen LogP contribution in [-0.2, 0) is 4.74 Å². The van der Waals surface area contributed by atoms with E-state index in [0.29, 0.717) is 19.0 Å². The Labute approximate surface area is 134 Å². The van der Waals surface area contributed by atoms with Crippen LogP contribution in [-0.4, -0.2) is 61.3 Å². The lowest BCUT2D eigenvalue weighted by Gasteiger charge is -2.28. The van der Waals surface area contributed by atoms with Gasteiger partial charge in [-0.1, -0.05) is 11.6 Å². The van der Waals surface area contributed by atoms with Gasteiger partial charge in [0.2, 0.25) is 5.82 Å². The molecule has 2 saturated heterocycles. The van der Waals surface area contributed by atoms with Crippen LogP contribution in [0.4, 0.5) is 5.82 Å². The number of carbonyl (C=O) groups excluding carboxylic acids is 1. The fourth-order valence-corrected chi connectivity index (χ4v) is 2.86. The van der Waals surface area contributed by atoms with Crippen molar-refractivity contribution >= 4 is 23.3 Å². The van der Waals surface area contributed by atoms with Gasteiger partial charge in [-0.2, -0.15) is 0 Å². The monoisotopic (exact) mass is 325 g/mol. The van der Waals surface area contributed by atoms with Gasteiger partial charge in [0, 0.05) is 25.2 Å². The van der Waals surface area contributed by atoms with Crippen molar-refractivity contribution in [1.82, 2.24) is 20.6 Å². The summed E-state index contributed by atoms with van der Waals surface area (Å²) in [6.45, 7) is 4.61. The van der Waals surface area contributed by atoms with Crippen molar-refractivity contribution in [1.29, 1.82) is 0 Å². The highest BCUT2D eigenvalue weighted by Gasteiger charge is 2.21. The summed E-state index contributed by atoms with van der Waals surface area (Å²) in [5.74, 6) is 0.551. The van der Waals surface area contributed by atoms with E-state index in [2.05, 4.69) is 25.5 Å². The zero-order valence-corrected chi connectivity index (χ0v) is 13.1. The molecule has 0 unspecified atom stereocenters. The normalized spacial score (nSPS) is 20.0. The number of anilines is 1. The smallest absolute Gasteiger partial charge is 0.289 e. The molecule has 2 aliphatic rings. The molecule has 2 aliphatic heterocycles. The van der Waals surface area contributed by atoms with E-state index in [-0.39, 0.29) is 22.9 Å². The summed E-state index contributed by atoms with van der Waals surface area (Å²) in [7, 11) is 0. The number of aromatic nitrogens is 2. The average Bonchev–Trinajstić information content (AvgIpc) is 2.56. The second kappa shape index (κ2) is 7.21.